The van der Waals surface area contributed by atoms with E-state index in [9.17, 15) is 9.59 Å². The summed E-state index contributed by atoms with van der Waals surface area (Å²) in [5, 5.41) is 5.08. The van der Waals surface area contributed by atoms with E-state index in [0.717, 1.165) is 35.7 Å². The molecule has 1 saturated carbocycles. The Hall–Kier alpha value is -2.48. The minimum atomic E-state index is -0.374. The first-order valence-electron chi connectivity index (χ1n) is 10.2. The van der Waals surface area contributed by atoms with Gasteiger partial charge < -0.3 is 9.30 Å². The topological polar surface area (TPSA) is 78.5 Å². The number of hydrogen-bond donors (Lipinski definition) is 0. The van der Waals surface area contributed by atoms with Crippen molar-refractivity contribution >= 4 is 22.3 Å². The predicted octanol–water partition coefficient (Wildman–Crippen LogP) is 3.99. The van der Waals surface area contributed by atoms with Gasteiger partial charge in [-0.25, -0.2) is 9.78 Å². The monoisotopic (exact) mass is 414 g/mol. The lowest BCUT2D eigenvalue weighted by atomic mass is 9.95. The van der Waals surface area contributed by atoms with Crippen LogP contribution in [0.3, 0.4) is 0 Å². The van der Waals surface area contributed by atoms with Gasteiger partial charge in [-0.3, -0.25) is 4.79 Å². The first-order valence-corrected chi connectivity index (χ1v) is 11.0. The van der Waals surface area contributed by atoms with E-state index >= 15 is 0 Å². The third-order valence-corrected chi connectivity index (χ3v) is 6.69. The second kappa shape index (κ2) is 8.10. The Labute approximate surface area is 173 Å². The highest BCUT2D eigenvalue weighted by molar-refractivity contribution is 7.16. The average Bonchev–Trinajstić information content (AvgIpc) is 3.27. The molecule has 0 unspecified atom stereocenters. The third-order valence-electron chi connectivity index (χ3n) is 5.64. The molecule has 0 spiro atoms. The molecule has 0 bridgehead atoms. The van der Waals surface area contributed by atoms with E-state index in [1.54, 1.807) is 0 Å². The molecule has 154 valence electrons. The molecular formula is C21H26N4O3S. The van der Waals surface area contributed by atoms with Crippen molar-refractivity contribution in [2.75, 3.05) is 0 Å². The molecular weight excluding hydrogens is 388 g/mol. The number of hydrogen-bond acceptors (Lipinski definition) is 6. The van der Waals surface area contributed by atoms with Crippen molar-refractivity contribution in [3.8, 4) is 0 Å². The number of carbonyl (C=O) groups is 1. The summed E-state index contributed by atoms with van der Waals surface area (Å²) in [5.74, 6) is -0.374. The number of aromatic nitrogens is 4. The number of esters is 1. The molecule has 8 heteroatoms. The summed E-state index contributed by atoms with van der Waals surface area (Å²) in [4.78, 5) is 29.9. The van der Waals surface area contributed by atoms with Gasteiger partial charge in [-0.2, -0.15) is 9.61 Å². The highest BCUT2D eigenvalue weighted by Gasteiger charge is 2.23. The number of nitrogens with zero attached hydrogens (tertiary/aromatic N) is 4. The van der Waals surface area contributed by atoms with Crippen LogP contribution in [0.5, 0.6) is 0 Å². The van der Waals surface area contributed by atoms with Gasteiger partial charge in [0.05, 0.1) is 11.3 Å². The number of ether oxygens (including phenoxy) is 1. The first kappa shape index (κ1) is 19.8. The van der Waals surface area contributed by atoms with Crippen LogP contribution in [0.2, 0.25) is 0 Å². The number of aryl methyl sites for hydroxylation is 2. The SMILES string of the molecule is CCc1nn2c(=O)cc(COC(=O)c3cc(C)n(C4CCCCC4)c3C)nc2s1. The molecule has 4 rings (SSSR count). The summed E-state index contributed by atoms with van der Waals surface area (Å²) in [6.07, 6.45) is 6.83. The smallest absolute Gasteiger partial charge is 0.340 e. The maximum Gasteiger partial charge on any atom is 0.340 e. The Morgan fingerprint density at radius 3 is 2.72 bits per heavy atom. The molecule has 0 N–H and O–H groups in total. The number of rotatable bonds is 5. The van der Waals surface area contributed by atoms with Crippen LogP contribution in [0.15, 0.2) is 16.9 Å². The van der Waals surface area contributed by atoms with Crippen LogP contribution in [0.25, 0.3) is 4.96 Å². The second-order valence-corrected chi connectivity index (χ2v) is 8.69. The molecule has 7 nitrogen and oxygen atoms in total. The minimum Gasteiger partial charge on any atom is -0.456 e. The highest BCUT2D eigenvalue weighted by Crippen LogP contribution is 2.32. The Morgan fingerprint density at radius 2 is 2.00 bits per heavy atom. The van der Waals surface area contributed by atoms with Gasteiger partial charge >= 0.3 is 5.97 Å². The van der Waals surface area contributed by atoms with Crippen molar-refractivity contribution in [3.05, 3.63) is 50.1 Å². The third kappa shape index (κ3) is 3.85. The van der Waals surface area contributed by atoms with E-state index in [1.165, 1.54) is 41.2 Å². The lowest BCUT2D eigenvalue weighted by Crippen LogP contribution is -2.17. The van der Waals surface area contributed by atoms with Crippen molar-refractivity contribution in [3.63, 3.8) is 0 Å². The summed E-state index contributed by atoms with van der Waals surface area (Å²) < 4.78 is 9.09. The maximum atomic E-state index is 12.7. The Morgan fingerprint density at radius 1 is 1.24 bits per heavy atom. The Kier molecular flexibility index (Phi) is 5.54. The molecule has 1 fully saturated rings. The van der Waals surface area contributed by atoms with Gasteiger partial charge in [-0.05, 0) is 39.2 Å². The molecule has 0 atom stereocenters. The second-order valence-electron chi connectivity index (χ2n) is 7.65. The van der Waals surface area contributed by atoms with Gasteiger partial charge in [-0.1, -0.05) is 37.5 Å². The van der Waals surface area contributed by atoms with Crippen molar-refractivity contribution in [1.29, 1.82) is 0 Å². The molecule has 3 heterocycles. The summed E-state index contributed by atoms with van der Waals surface area (Å²) in [5.41, 5.74) is 2.83. The zero-order valence-electron chi connectivity index (χ0n) is 17.1. The average molecular weight is 415 g/mol. The fourth-order valence-corrected chi connectivity index (χ4v) is 5.07. The van der Waals surface area contributed by atoms with Crippen LogP contribution in [0.4, 0.5) is 0 Å². The van der Waals surface area contributed by atoms with Gasteiger partial charge in [-0.15, -0.1) is 0 Å². The van der Waals surface area contributed by atoms with Gasteiger partial charge in [0.15, 0.2) is 0 Å². The van der Waals surface area contributed by atoms with Gasteiger partial charge in [0.2, 0.25) is 4.96 Å². The minimum absolute atomic E-state index is 0.0307. The Balaban J connectivity index is 1.51. The van der Waals surface area contributed by atoms with Crippen molar-refractivity contribution < 1.29 is 9.53 Å². The normalized spacial score (nSPS) is 15.1. The van der Waals surface area contributed by atoms with Crippen molar-refractivity contribution in [2.45, 2.75) is 71.9 Å². The summed E-state index contributed by atoms with van der Waals surface area (Å²) in [6.45, 7) is 5.98. The molecule has 1 aliphatic rings. The molecule has 0 aromatic carbocycles. The van der Waals surface area contributed by atoms with Gasteiger partial charge in [0, 0.05) is 23.5 Å². The standard InChI is InChI=1S/C21H26N4O3S/c1-4-18-23-25-19(26)11-15(22-21(25)29-18)12-28-20(27)17-10-13(2)24(14(17)3)16-8-6-5-7-9-16/h10-11,16H,4-9,12H2,1-3H3. The van der Waals surface area contributed by atoms with E-state index in [1.807, 2.05) is 26.8 Å². The zero-order chi connectivity index (χ0) is 20.5. The molecule has 0 saturated heterocycles. The summed E-state index contributed by atoms with van der Waals surface area (Å²) >= 11 is 1.38. The summed E-state index contributed by atoms with van der Waals surface area (Å²) in [6, 6.07) is 3.76. The number of fused-ring (bicyclic) bond motifs is 1. The molecule has 0 amide bonds. The van der Waals surface area contributed by atoms with Crippen LogP contribution in [0, 0.1) is 13.8 Å². The largest absolute Gasteiger partial charge is 0.456 e. The lowest BCUT2D eigenvalue weighted by molar-refractivity contribution is 0.0466. The van der Waals surface area contributed by atoms with Crippen molar-refractivity contribution in [1.82, 2.24) is 19.2 Å². The van der Waals surface area contributed by atoms with Crippen LogP contribution in [0.1, 0.15) is 77.5 Å². The molecule has 0 aliphatic heterocycles. The van der Waals surface area contributed by atoms with Gasteiger partial charge in [0.1, 0.15) is 11.6 Å². The van der Waals surface area contributed by atoms with Crippen LogP contribution >= 0.6 is 11.3 Å². The molecule has 0 radical (unpaired) electrons. The lowest BCUT2D eigenvalue weighted by Gasteiger charge is -2.26. The van der Waals surface area contributed by atoms with E-state index < -0.39 is 0 Å². The van der Waals surface area contributed by atoms with E-state index in [-0.39, 0.29) is 18.1 Å². The van der Waals surface area contributed by atoms with E-state index in [0.29, 0.717) is 22.3 Å². The highest BCUT2D eigenvalue weighted by atomic mass is 32.1. The quantitative estimate of drug-likeness (QED) is 0.590. The predicted molar refractivity (Wildman–Crippen MR) is 112 cm³/mol. The van der Waals surface area contributed by atoms with E-state index in [2.05, 4.69) is 14.6 Å². The van der Waals surface area contributed by atoms with Crippen LogP contribution in [-0.2, 0) is 17.8 Å². The summed E-state index contributed by atoms with van der Waals surface area (Å²) in [7, 11) is 0. The number of carbonyl (C=O) groups excluding carboxylic acids is 1. The Bertz CT molecular complexity index is 1110. The molecule has 1 aliphatic carbocycles. The van der Waals surface area contributed by atoms with Crippen LogP contribution < -0.4 is 5.56 Å². The molecule has 29 heavy (non-hydrogen) atoms. The van der Waals surface area contributed by atoms with Crippen LogP contribution in [-0.4, -0.2) is 25.1 Å². The molecule has 3 aromatic heterocycles. The molecule has 3 aromatic rings. The van der Waals surface area contributed by atoms with Gasteiger partial charge in [0.25, 0.3) is 5.56 Å². The maximum absolute atomic E-state index is 12.7. The van der Waals surface area contributed by atoms with Crippen molar-refractivity contribution in [2.24, 2.45) is 0 Å². The zero-order valence-corrected chi connectivity index (χ0v) is 17.9. The first-order chi connectivity index (χ1) is 14.0. The fraction of sp³-hybridized carbons (Fsp3) is 0.524. The fourth-order valence-electron chi connectivity index (χ4n) is 4.21. The van der Waals surface area contributed by atoms with E-state index in [4.69, 9.17) is 4.74 Å².